The summed E-state index contributed by atoms with van der Waals surface area (Å²) in [7, 11) is 0. The van der Waals surface area contributed by atoms with E-state index >= 15 is 0 Å². The highest BCUT2D eigenvalue weighted by molar-refractivity contribution is 5.94. The number of rotatable bonds is 5. The van der Waals surface area contributed by atoms with Crippen molar-refractivity contribution in [3.8, 4) is 5.75 Å². The Kier molecular flexibility index (Phi) is 6.51. The molecular weight excluding hydrogens is 371 g/mol. The molecule has 1 fully saturated rings. The summed E-state index contributed by atoms with van der Waals surface area (Å²) in [5, 5.41) is 3.33. The lowest BCUT2D eigenvalue weighted by Crippen LogP contribution is -2.40. The van der Waals surface area contributed by atoms with Crippen LogP contribution in [-0.4, -0.2) is 41.3 Å². The topological polar surface area (TPSA) is 54.5 Å². The van der Waals surface area contributed by atoms with Gasteiger partial charge in [-0.2, -0.15) is 0 Å². The number of halogens is 3. The fourth-order valence-electron chi connectivity index (χ4n) is 3.31. The highest BCUT2D eigenvalue weighted by atomic mass is 19.4. The third-order valence-corrected chi connectivity index (χ3v) is 4.64. The molecule has 3 rings (SSSR count). The number of benzene rings is 1. The van der Waals surface area contributed by atoms with Gasteiger partial charge in [-0.05, 0) is 68.8 Å². The molecule has 150 valence electrons. The van der Waals surface area contributed by atoms with Crippen LogP contribution in [0.15, 0.2) is 48.7 Å². The Labute approximate surface area is 161 Å². The molecule has 1 aliphatic rings. The van der Waals surface area contributed by atoms with E-state index in [-0.39, 0.29) is 17.7 Å². The molecule has 1 aliphatic heterocycles. The van der Waals surface area contributed by atoms with Crippen molar-refractivity contribution in [2.45, 2.75) is 38.2 Å². The number of hydrogen-bond donors (Lipinski definition) is 1. The molecule has 0 spiro atoms. The van der Waals surface area contributed by atoms with Crippen molar-refractivity contribution in [1.29, 1.82) is 0 Å². The number of amides is 1. The second-order valence-electron chi connectivity index (χ2n) is 6.66. The molecule has 1 saturated heterocycles. The number of nitrogens with zero attached hydrogens (tertiary/aromatic N) is 2. The van der Waals surface area contributed by atoms with E-state index in [4.69, 9.17) is 0 Å². The molecule has 1 amide bonds. The minimum Gasteiger partial charge on any atom is -0.406 e. The van der Waals surface area contributed by atoms with Gasteiger partial charge in [-0.1, -0.05) is 6.07 Å². The average molecular weight is 393 g/mol. The number of alkyl halides is 3. The van der Waals surface area contributed by atoms with Crippen molar-refractivity contribution in [2.75, 3.05) is 13.1 Å². The van der Waals surface area contributed by atoms with E-state index in [1.165, 1.54) is 12.1 Å². The van der Waals surface area contributed by atoms with Crippen LogP contribution in [0.4, 0.5) is 13.2 Å². The van der Waals surface area contributed by atoms with E-state index in [1.54, 1.807) is 11.1 Å². The fraction of sp³-hybridized carbons (Fsp3) is 0.400. The maximum atomic E-state index is 13.2. The number of carbonyl (C=O) groups is 1. The van der Waals surface area contributed by atoms with Gasteiger partial charge in [0.15, 0.2) is 0 Å². The molecule has 5 nitrogen and oxygen atoms in total. The van der Waals surface area contributed by atoms with Crippen LogP contribution < -0.4 is 10.1 Å². The molecule has 1 atom stereocenters. The van der Waals surface area contributed by atoms with Gasteiger partial charge in [0.1, 0.15) is 5.75 Å². The van der Waals surface area contributed by atoms with Crippen molar-refractivity contribution in [3.05, 3.63) is 59.9 Å². The SMILES string of the molecule is O=C(c1ccc(OC(F)(F)F)cc1)N(Cc1ccccn1)C1CCCNCC1. The van der Waals surface area contributed by atoms with Crippen LogP contribution in [0.2, 0.25) is 0 Å². The van der Waals surface area contributed by atoms with Crippen molar-refractivity contribution >= 4 is 5.91 Å². The van der Waals surface area contributed by atoms with Gasteiger partial charge in [0.2, 0.25) is 0 Å². The zero-order valence-corrected chi connectivity index (χ0v) is 15.3. The zero-order chi connectivity index (χ0) is 20.0. The Morgan fingerprint density at radius 1 is 1.14 bits per heavy atom. The summed E-state index contributed by atoms with van der Waals surface area (Å²) in [5.74, 6) is -0.574. The van der Waals surface area contributed by atoms with Crippen LogP contribution >= 0.6 is 0 Å². The summed E-state index contributed by atoms with van der Waals surface area (Å²) in [6, 6.07) is 10.6. The van der Waals surface area contributed by atoms with E-state index in [0.717, 1.165) is 50.2 Å². The van der Waals surface area contributed by atoms with Crippen LogP contribution in [0.3, 0.4) is 0 Å². The lowest BCUT2D eigenvalue weighted by atomic mass is 10.0. The molecular formula is C20H22F3N3O2. The number of aromatic nitrogens is 1. The smallest absolute Gasteiger partial charge is 0.406 e. The number of pyridine rings is 1. The summed E-state index contributed by atoms with van der Waals surface area (Å²) in [6.45, 7) is 2.08. The van der Waals surface area contributed by atoms with Gasteiger partial charge in [0.05, 0.1) is 12.2 Å². The van der Waals surface area contributed by atoms with E-state index in [1.807, 2.05) is 18.2 Å². The highest BCUT2D eigenvalue weighted by Crippen LogP contribution is 2.24. The van der Waals surface area contributed by atoms with E-state index in [2.05, 4.69) is 15.0 Å². The molecule has 0 bridgehead atoms. The summed E-state index contributed by atoms with van der Waals surface area (Å²) < 4.78 is 40.9. The summed E-state index contributed by atoms with van der Waals surface area (Å²) in [6.07, 6.45) is -0.455. The first-order chi connectivity index (χ1) is 13.4. The van der Waals surface area contributed by atoms with E-state index in [0.29, 0.717) is 12.1 Å². The predicted octanol–water partition coefficient (Wildman–Crippen LogP) is 3.76. The Morgan fingerprint density at radius 2 is 1.93 bits per heavy atom. The second kappa shape index (κ2) is 9.05. The van der Waals surface area contributed by atoms with Crippen LogP contribution in [-0.2, 0) is 6.54 Å². The quantitative estimate of drug-likeness (QED) is 0.840. The average Bonchev–Trinajstić information content (AvgIpc) is 2.95. The van der Waals surface area contributed by atoms with Gasteiger partial charge in [-0.3, -0.25) is 9.78 Å². The van der Waals surface area contributed by atoms with Gasteiger partial charge >= 0.3 is 6.36 Å². The minimum absolute atomic E-state index is 0.0376. The minimum atomic E-state index is -4.76. The van der Waals surface area contributed by atoms with Gasteiger partial charge in [-0.25, -0.2) is 0 Å². The highest BCUT2D eigenvalue weighted by Gasteiger charge is 2.31. The molecule has 8 heteroatoms. The van der Waals surface area contributed by atoms with Crippen molar-refractivity contribution in [2.24, 2.45) is 0 Å². The van der Waals surface area contributed by atoms with Crippen LogP contribution in [0.5, 0.6) is 5.75 Å². The second-order valence-corrected chi connectivity index (χ2v) is 6.66. The third kappa shape index (κ3) is 5.69. The largest absolute Gasteiger partial charge is 0.573 e. The lowest BCUT2D eigenvalue weighted by Gasteiger charge is -2.31. The molecule has 1 aromatic heterocycles. The first-order valence-electron chi connectivity index (χ1n) is 9.20. The van der Waals surface area contributed by atoms with E-state index in [9.17, 15) is 18.0 Å². The normalized spacial score (nSPS) is 17.6. The molecule has 2 aromatic rings. The fourth-order valence-corrected chi connectivity index (χ4v) is 3.31. The van der Waals surface area contributed by atoms with Gasteiger partial charge in [-0.15, -0.1) is 13.2 Å². The number of hydrogen-bond acceptors (Lipinski definition) is 4. The van der Waals surface area contributed by atoms with Crippen LogP contribution in [0, 0.1) is 0 Å². The van der Waals surface area contributed by atoms with E-state index < -0.39 is 6.36 Å². The van der Waals surface area contributed by atoms with Crippen molar-refractivity contribution < 1.29 is 22.7 Å². The number of ether oxygens (including phenoxy) is 1. The molecule has 0 saturated carbocycles. The molecule has 1 aromatic carbocycles. The maximum Gasteiger partial charge on any atom is 0.573 e. The van der Waals surface area contributed by atoms with Crippen molar-refractivity contribution in [3.63, 3.8) is 0 Å². The number of nitrogens with one attached hydrogen (secondary N) is 1. The molecule has 1 unspecified atom stereocenters. The Bertz CT molecular complexity index is 759. The maximum absolute atomic E-state index is 13.2. The Hall–Kier alpha value is -2.61. The molecule has 0 aliphatic carbocycles. The summed E-state index contributed by atoms with van der Waals surface area (Å²) >= 11 is 0. The Balaban J connectivity index is 1.80. The zero-order valence-electron chi connectivity index (χ0n) is 15.3. The van der Waals surface area contributed by atoms with Gasteiger partial charge in [0.25, 0.3) is 5.91 Å². The Morgan fingerprint density at radius 3 is 2.61 bits per heavy atom. The predicted molar refractivity (Wildman–Crippen MR) is 97.7 cm³/mol. The first-order valence-corrected chi connectivity index (χ1v) is 9.20. The standard InChI is InChI=1S/C20H22F3N3O2/c21-20(22,23)28-18-8-6-15(7-9-18)19(27)26(14-16-4-1-2-12-25-16)17-5-3-11-24-13-10-17/h1-2,4,6-9,12,17,24H,3,5,10-11,13-14H2. The molecule has 28 heavy (non-hydrogen) atoms. The van der Waals surface area contributed by atoms with Gasteiger partial charge in [0, 0.05) is 17.8 Å². The summed E-state index contributed by atoms with van der Waals surface area (Å²) in [5.41, 5.74) is 1.09. The first kappa shape index (κ1) is 20.1. The molecule has 2 heterocycles. The van der Waals surface area contributed by atoms with Crippen LogP contribution in [0.1, 0.15) is 35.3 Å². The molecule has 1 N–H and O–H groups in total. The van der Waals surface area contributed by atoms with Gasteiger partial charge < -0.3 is 15.0 Å². The third-order valence-electron chi connectivity index (χ3n) is 4.64. The molecule has 0 radical (unpaired) electrons. The van der Waals surface area contributed by atoms with Crippen molar-refractivity contribution in [1.82, 2.24) is 15.2 Å². The van der Waals surface area contributed by atoms with Crippen LogP contribution in [0.25, 0.3) is 0 Å². The number of carbonyl (C=O) groups excluding carboxylic acids is 1. The monoisotopic (exact) mass is 393 g/mol. The lowest BCUT2D eigenvalue weighted by molar-refractivity contribution is -0.274. The summed E-state index contributed by atoms with van der Waals surface area (Å²) in [4.78, 5) is 19.3.